The van der Waals surface area contributed by atoms with Crippen molar-refractivity contribution in [1.82, 2.24) is 4.98 Å². The van der Waals surface area contributed by atoms with Crippen molar-refractivity contribution < 1.29 is 0 Å². The summed E-state index contributed by atoms with van der Waals surface area (Å²) in [5, 5.41) is 18.9. The Hall–Kier alpha value is -2.59. The number of fused-ring (bicyclic) bond motifs is 1. The number of para-hydroxylation sites is 1. The van der Waals surface area contributed by atoms with Crippen LogP contribution in [0.4, 0.5) is 5.82 Å². The molecule has 1 aromatic heterocycles. The van der Waals surface area contributed by atoms with E-state index in [1.54, 1.807) is 6.07 Å². The SMILES string of the molecule is CC(C)N(CCC#N)c1cc(C#N)c2ccccc2n1. The van der Waals surface area contributed by atoms with Gasteiger partial charge in [0, 0.05) is 18.0 Å². The molecule has 0 aliphatic heterocycles. The van der Waals surface area contributed by atoms with E-state index in [1.165, 1.54) is 0 Å². The summed E-state index contributed by atoms with van der Waals surface area (Å²) < 4.78 is 0. The summed E-state index contributed by atoms with van der Waals surface area (Å²) in [4.78, 5) is 6.68. The monoisotopic (exact) mass is 264 g/mol. The van der Waals surface area contributed by atoms with E-state index >= 15 is 0 Å². The molecule has 2 aromatic rings. The van der Waals surface area contributed by atoms with Gasteiger partial charge in [0.25, 0.3) is 0 Å². The van der Waals surface area contributed by atoms with Gasteiger partial charge in [-0.3, -0.25) is 0 Å². The minimum atomic E-state index is 0.226. The summed E-state index contributed by atoms with van der Waals surface area (Å²) in [5.41, 5.74) is 1.43. The average Bonchev–Trinajstić information content (AvgIpc) is 2.46. The van der Waals surface area contributed by atoms with Crippen molar-refractivity contribution in [2.24, 2.45) is 0 Å². The zero-order valence-electron chi connectivity index (χ0n) is 11.7. The first-order chi connectivity index (χ1) is 9.67. The molecule has 0 atom stereocenters. The van der Waals surface area contributed by atoms with Crippen LogP contribution in [0.3, 0.4) is 0 Å². The molecule has 0 aliphatic carbocycles. The van der Waals surface area contributed by atoms with E-state index in [-0.39, 0.29) is 6.04 Å². The Morgan fingerprint density at radius 2 is 2.00 bits per heavy atom. The van der Waals surface area contributed by atoms with Crippen molar-refractivity contribution in [1.29, 1.82) is 10.5 Å². The molecular weight excluding hydrogens is 248 g/mol. The number of aromatic nitrogens is 1. The molecule has 0 fully saturated rings. The molecule has 0 N–H and O–H groups in total. The van der Waals surface area contributed by atoms with Crippen molar-refractivity contribution in [3.05, 3.63) is 35.9 Å². The number of nitriles is 2. The minimum Gasteiger partial charge on any atom is -0.353 e. The number of anilines is 1. The molecule has 4 nitrogen and oxygen atoms in total. The molecule has 0 unspecified atom stereocenters. The molecule has 1 aromatic carbocycles. The standard InChI is InChI=1S/C16H16N4/c1-12(2)20(9-5-8-17)16-10-13(11-18)14-6-3-4-7-15(14)19-16/h3-4,6-7,10,12H,5,9H2,1-2H3. The number of benzene rings is 1. The Kier molecular flexibility index (Phi) is 4.17. The van der Waals surface area contributed by atoms with Crippen LogP contribution in [-0.4, -0.2) is 17.6 Å². The Morgan fingerprint density at radius 3 is 2.65 bits per heavy atom. The van der Waals surface area contributed by atoms with E-state index in [2.05, 4.69) is 35.9 Å². The Balaban J connectivity index is 2.53. The highest BCUT2D eigenvalue weighted by Crippen LogP contribution is 2.23. The predicted molar refractivity (Wildman–Crippen MR) is 79.2 cm³/mol. The molecule has 0 saturated carbocycles. The molecule has 1 heterocycles. The first-order valence-electron chi connectivity index (χ1n) is 6.61. The first-order valence-corrected chi connectivity index (χ1v) is 6.61. The molecular formula is C16H16N4. The lowest BCUT2D eigenvalue weighted by Gasteiger charge is -2.27. The average molecular weight is 264 g/mol. The van der Waals surface area contributed by atoms with Gasteiger partial charge < -0.3 is 4.90 Å². The van der Waals surface area contributed by atoms with Crippen LogP contribution >= 0.6 is 0 Å². The van der Waals surface area contributed by atoms with Crippen molar-refractivity contribution in [2.75, 3.05) is 11.4 Å². The fourth-order valence-corrected chi connectivity index (χ4v) is 2.21. The highest BCUT2D eigenvalue weighted by molar-refractivity contribution is 5.86. The van der Waals surface area contributed by atoms with E-state index in [1.807, 2.05) is 24.3 Å². The minimum absolute atomic E-state index is 0.226. The summed E-state index contributed by atoms with van der Waals surface area (Å²) >= 11 is 0. The number of pyridine rings is 1. The zero-order valence-corrected chi connectivity index (χ0v) is 11.7. The molecule has 20 heavy (non-hydrogen) atoms. The lowest BCUT2D eigenvalue weighted by atomic mass is 10.1. The summed E-state index contributed by atoms with van der Waals surface area (Å²) in [6, 6.07) is 14.0. The summed E-state index contributed by atoms with van der Waals surface area (Å²) in [7, 11) is 0. The van der Waals surface area contributed by atoms with Gasteiger partial charge in [0.2, 0.25) is 0 Å². The maximum absolute atomic E-state index is 9.31. The van der Waals surface area contributed by atoms with E-state index in [0.717, 1.165) is 16.7 Å². The third-order valence-corrected chi connectivity index (χ3v) is 3.21. The van der Waals surface area contributed by atoms with Gasteiger partial charge in [0.15, 0.2) is 0 Å². The lowest BCUT2D eigenvalue weighted by Crippen LogP contribution is -2.32. The summed E-state index contributed by atoms with van der Waals surface area (Å²) in [6.07, 6.45) is 0.439. The summed E-state index contributed by atoms with van der Waals surface area (Å²) in [6.45, 7) is 4.73. The molecule has 4 heteroatoms. The van der Waals surface area contributed by atoms with Gasteiger partial charge in [-0.1, -0.05) is 18.2 Å². The van der Waals surface area contributed by atoms with Gasteiger partial charge in [-0.15, -0.1) is 0 Å². The van der Waals surface area contributed by atoms with Gasteiger partial charge in [-0.2, -0.15) is 10.5 Å². The molecule has 0 bridgehead atoms. The molecule has 0 aliphatic rings. The molecule has 2 rings (SSSR count). The fourth-order valence-electron chi connectivity index (χ4n) is 2.21. The van der Waals surface area contributed by atoms with Crippen LogP contribution in [0, 0.1) is 22.7 Å². The smallest absolute Gasteiger partial charge is 0.130 e. The van der Waals surface area contributed by atoms with Crippen LogP contribution in [0.1, 0.15) is 25.8 Å². The van der Waals surface area contributed by atoms with Gasteiger partial charge >= 0.3 is 0 Å². The topological polar surface area (TPSA) is 63.7 Å². The van der Waals surface area contributed by atoms with E-state index in [9.17, 15) is 5.26 Å². The zero-order chi connectivity index (χ0) is 14.5. The molecule has 0 spiro atoms. The first kappa shape index (κ1) is 13.8. The van der Waals surface area contributed by atoms with E-state index in [4.69, 9.17) is 5.26 Å². The van der Waals surface area contributed by atoms with Crippen LogP contribution in [0.2, 0.25) is 0 Å². The van der Waals surface area contributed by atoms with Crippen LogP contribution in [0.5, 0.6) is 0 Å². The van der Waals surface area contributed by atoms with Crippen LogP contribution in [-0.2, 0) is 0 Å². The normalized spacial score (nSPS) is 10.2. The van der Waals surface area contributed by atoms with E-state index in [0.29, 0.717) is 18.5 Å². The van der Waals surface area contributed by atoms with Crippen LogP contribution in [0.25, 0.3) is 10.9 Å². The Bertz CT molecular complexity index is 692. The predicted octanol–water partition coefficient (Wildman–Crippen LogP) is 3.23. The summed E-state index contributed by atoms with van der Waals surface area (Å²) in [5.74, 6) is 0.755. The van der Waals surface area contributed by atoms with Crippen LogP contribution in [0.15, 0.2) is 30.3 Å². The highest BCUT2D eigenvalue weighted by atomic mass is 15.2. The second-order valence-electron chi connectivity index (χ2n) is 4.85. The molecule has 0 radical (unpaired) electrons. The Labute approximate surface area is 118 Å². The van der Waals surface area contributed by atoms with Gasteiger partial charge in [0.1, 0.15) is 5.82 Å². The molecule has 0 amide bonds. The van der Waals surface area contributed by atoms with E-state index < -0.39 is 0 Å². The fraction of sp³-hybridized carbons (Fsp3) is 0.312. The number of rotatable bonds is 4. The quantitative estimate of drug-likeness (QED) is 0.850. The second-order valence-corrected chi connectivity index (χ2v) is 4.85. The van der Waals surface area contributed by atoms with Crippen molar-refractivity contribution in [2.45, 2.75) is 26.3 Å². The van der Waals surface area contributed by atoms with Crippen molar-refractivity contribution >= 4 is 16.7 Å². The molecule has 0 saturated heterocycles. The third kappa shape index (κ3) is 2.70. The number of nitrogens with zero attached hydrogens (tertiary/aromatic N) is 4. The van der Waals surface area contributed by atoms with Gasteiger partial charge in [-0.05, 0) is 26.0 Å². The Morgan fingerprint density at radius 1 is 1.25 bits per heavy atom. The third-order valence-electron chi connectivity index (χ3n) is 3.21. The largest absolute Gasteiger partial charge is 0.353 e. The maximum atomic E-state index is 9.31. The lowest BCUT2D eigenvalue weighted by molar-refractivity contribution is 0.678. The van der Waals surface area contributed by atoms with Crippen molar-refractivity contribution in [3.8, 4) is 12.1 Å². The second kappa shape index (κ2) is 6.04. The number of hydrogen-bond donors (Lipinski definition) is 0. The highest BCUT2D eigenvalue weighted by Gasteiger charge is 2.14. The van der Waals surface area contributed by atoms with Gasteiger partial charge in [-0.25, -0.2) is 4.98 Å². The van der Waals surface area contributed by atoms with Gasteiger partial charge in [0.05, 0.1) is 29.6 Å². The number of hydrogen-bond acceptors (Lipinski definition) is 4. The van der Waals surface area contributed by atoms with Crippen molar-refractivity contribution in [3.63, 3.8) is 0 Å². The van der Waals surface area contributed by atoms with Crippen LogP contribution < -0.4 is 4.90 Å². The maximum Gasteiger partial charge on any atom is 0.130 e. The molecule has 100 valence electrons.